The van der Waals surface area contributed by atoms with Crippen molar-refractivity contribution in [2.75, 3.05) is 0 Å². The molecule has 2 rings (SSSR count). The van der Waals surface area contributed by atoms with Gasteiger partial charge in [0.2, 0.25) is 0 Å². The Kier molecular flexibility index (Phi) is 3.89. The minimum absolute atomic E-state index is 0.0157. The van der Waals surface area contributed by atoms with Gasteiger partial charge in [0.25, 0.3) is 0 Å². The lowest BCUT2D eigenvalue weighted by atomic mass is 9.87. The zero-order valence-electron chi connectivity index (χ0n) is 12.4. The van der Waals surface area contributed by atoms with Gasteiger partial charge in [-0.25, -0.2) is 0 Å². The van der Waals surface area contributed by atoms with Gasteiger partial charge < -0.3 is 5.11 Å². The van der Waals surface area contributed by atoms with Gasteiger partial charge in [0, 0.05) is 0 Å². The number of phenols is 1. The van der Waals surface area contributed by atoms with Crippen LogP contribution < -0.4 is 0 Å². The zero-order valence-corrected chi connectivity index (χ0v) is 12.4. The van der Waals surface area contributed by atoms with Crippen LogP contribution in [0.3, 0.4) is 0 Å². The molecule has 0 radical (unpaired) electrons. The van der Waals surface area contributed by atoms with Crippen molar-refractivity contribution in [1.82, 2.24) is 0 Å². The van der Waals surface area contributed by atoms with Gasteiger partial charge in [-0.3, -0.25) is 0 Å². The molecule has 1 N–H and O–H groups in total. The van der Waals surface area contributed by atoms with Crippen molar-refractivity contribution in [1.29, 1.82) is 0 Å². The smallest absolute Gasteiger partial charge is 0.143 e. The van der Waals surface area contributed by atoms with Crippen molar-refractivity contribution in [3.63, 3.8) is 0 Å². The minimum atomic E-state index is 0.0157. The molecule has 0 aromatic heterocycles. The van der Waals surface area contributed by atoms with Gasteiger partial charge in [-0.2, -0.15) is 5.11 Å². The molecule has 0 heterocycles. The lowest BCUT2D eigenvalue weighted by Crippen LogP contribution is -2.10. The van der Waals surface area contributed by atoms with E-state index in [9.17, 15) is 5.11 Å². The van der Waals surface area contributed by atoms with E-state index in [-0.39, 0.29) is 11.2 Å². The second kappa shape index (κ2) is 5.45. The fraction of sp³-hybridized carbons (Fsp3) is 0.294. The SMILES string of the molecule is Cc1ccc(N=Nc2cc(C(C)(C)C)ccc2O)cc1. The second-order valence-corrected chi connectivity index (χ2v) is 5.99. The molecule has 3 heteroatoms. The third kappa shape index (κ3) is 3.44. The lowest BCUT2D eigenvalue weighted by Gasteiger charge is -2.19. The van der Waals surface area contributed by atoms with Gasteiger partial charge in [0.05, 0.1) is 5.69 Å². The Morgan fingerprint density at radius 1 is 0.900 bits per heavy atom. The van der Waals surface area contributed by atoms with Crippen LogP contribution in [-0.2, 0) is 5.41 Å². The first kappa shape index (κ1) is 14.3. The normalized spacial score (nSPS) is 12.0. The molecule has 3 nitrogen and oxygen atoms in total. The summed E-state index contributed by atoms with van der Waals surface area (Å²) >= 11 is 0. The Hall–Kier alpha value is -2.16. The standard InChI is InChI=1S/C17H20N2O/c1-12-5-8-14(9-6-12)18-19-15-11-13(17(2,3)4)7-10-16(15)20/h5-11,20H,1-4H3. The summed E-state index contributed by atoms with van der Waals surface area (Å²) in [6.07, 6.45) is 0. The van der Waals surface area contributed by atoms with E-state index in [1.807, 2.05) is 43.3 Å². The van der Waals surface area contributed by atoms with Gasteiger partial charge in [0.15, 0.2) is 0 Å². The van der Waals surface area contributed by atoms with Crippen molar-refractivity contribution in [3.05, 3.63) is 53.6 Å². The molecule has 0 atom stereocenters. The average Bonchev–Trinajstić information content (AvgIpc) is 2.38. The molecule has 20 heavy (non-hydrogen) atoms. The van der Waals surface area contributed by atoms with Crippen molar-refractivity contribution < 1.29 is 5.11 Å². The number of hydrogen-bond donors (Lipinski definition) is 1. The first-order valence-corrected chi connectivity index (χ1v) is 6.68. The summed E-state index contributed by atoms with van der Waals surface area (Å²) in [5.41, 5.74) is 3.59. The van der Waals surface area contributed by atoms with Crippen LogP contribution >= 0.6 is 0 Å². The van der Waals surface area contributed by atoms with E-state index in [0.717, 1.165) is 11.3 Å². The predicted octanol–water partition coefficient (Wildman–Crippen LogP) is 5.41. The molecule has 0 saturated heterocycles. The van der Waals surface area contributed by atoms with Gasteiger partial charge in [-0.1, -0.05) is 44.5 Å². The Morgan fingerprint density at radius 3 is 2.15 bits per heavy atom. The highest BCUT2D eigenvalue weighted by Crippen LogP contribution is 2.33. The van der Waals surface area contributed by atoms with Crippen LogP contribution in [0.1, 0.15) is 31.9 Å². The molecule has 0 aliphatic rings. The van der Waals surface area contributed by atoms with Gasteiger partial charge >= 0.3 is 0 Å². The number of aromatic hydroxyl groups is 1. The number of hydrogen-bond acceptors (Lipinski definition) is 3. The largest absolute Gasteiger partial charge is 0.506 e. The maximum absolute atomic E-state index is 9.87. The van der Waals surface area contributed by atoms with Gasteiger partial charge in [0.1, 0.15) is 11.4 Å². The third-order valence-electron chi connectivity index (χ3n) is 3.15. The summed E-state index contributed by atoms with van der Waals surface area (Å²) in [7, 11) is 0. The molecule has 0 aliphatic heterocycles. The molecule has 0 bridgehead atoms. The fourth-order valence-corrected chi connectivity index (χ4v) is 1.79. The number of benzene rings is 2. The first-order valence-electron chi connectivity index (χ1n) is 6.68. The van der Waals surface area contributed by atoms with E-state index in [2.05, 4.69) is 31.0 Å². The number of rotatable bonds is 2. The molecule has 0 saturated carbocycles. The topological polar surface area (TPSA) is 45.0 Å². The maximum Gasteiger partial charge on any atom is 0.143 e. The maximum atomic E-state index is 9.87. The molecule has 2 aromatic carbocycles. The molecule has 2 aromatic rings. The average molecular weight is 268 g/mol. The highest BCUT2D eigenvalue weighted by atomic mass is 16.3. The quantitative estimate of drug-likeness (QED) is 0.727. The molecule has 104 valence electrons. The van der Waals surface area contributed by atoms with Crippen LogP contribution in [0, 0.1) is 6.92 Å². The Morgan fingerprint density at radius 2 is 1.55 bits per heavy atom. The monoisotopic (exact) mass is 268 g/mol. The number of azo groups is 1. The minimum Gasteiger partial charge on any atom is -0.506 e. The van der Waals surface area contributed by atoms with E-state index in [4.69, 9.17) is 0 Å². The van der Waals surface area contributed by atoms with Gasteiger partial charge in [-0.15, -0.1) is 5.11 Å². The van der Waals surface area contributed by atoms with Crippen LogP contribution in [0.4, 0.5) is 11.4 Å². The summed E-state index contributed by atoms with van der Waals surface area (Å²) in [6.45, 7) is 8.40. The van der Waals surface area contributed by atoms with Crippen LogP contribution in [0.5, 0.6) is 5.75 Å². The molecule has 0 aliphatic carbocycles. The van der Waals surface area contributed by atoms with Gasteiger partial charge in [-0.05, 0) is 42.2 Å². The molecule has 0 unspecified atom stereocenters. The summed E-state index contributed by atoms with van der Waals surface area (Å²) in [5.74, 6) is 0.147. The summed E-state index contributed by atoms with van der Waals surface area (Å²) in [5, 5.41) is 18.2. The highest BCUT2D eigenvalue weighted by Gasteiger charge is 2.15. The molecule has 0 amide bonds. The predicted molar refractivity (Wildman–Crippen MR) is 82.2 cm³/mol. The van der Waals surface area contributed by atoms with E-state index >= 15 is 0 Å². The Balaban J connectivity index is 2.31. The molecular weight excluding hydrogens is 248 g/mol. The number of phenolic OH excluding ortho intramolecular Hbond substituents is 1. The van der Waals surface area contributed by atoms with E-state index in [1.165, 1.54) is 5.56 Å². The van der Waals surface area contributed by atoms with Crippen molar-refractivity contribution in [3.8, 4) is 5.75 Å². The van der Waals surface area contributed by atoms with Crippen molar-refractivity contribution >= 4 is 11.4 Å². The van der Waals surface area contributed by atoms with E-state index < -0.39 is 0 Å². The van der Waals surface area contributed by atoms with Crippen molar-refractivity contribution in [2.24, 2.45) is 10.2 Å². The third-order valence-corrected chi connectivity index (χ3v) is 3.15. The Labute approximate surface area is 120 Å². The van der Waals surface area contributed by atoms with Crippen LogP contribution in [0.25, 0.3) is 0 Å². The van der Waals surface area contributed by atoms with Crippen LogP contribution in [-0.4, -0.2) is 5.11 Å². The highest BCUT2D eigenvalue weighted by molar-refractivity contribution is 5.54. The van der Waals surface area contributed by atoms with E-state index in [0.29, 0.717) is 5.69 Å². The van der Waals surface area contributed by atoms with E-state index in [1.54, 1.807) is 6.07 Å². The zero-order chi connectivity index (χ0) is 14.8. The molecule has 0 spiro atoms. The van der Waals surface area contributed by atoms with Crippen molar-refractivity contribution in [2.45, 2.75) is 33.1 Å². The Bertz CT molecular complexity index is 622. The van der Waals surface area contributed by atoms with Crippen LogP contribution in [0.2, 0.25) is 0 Å². The first-order chi connectivity index (χ1) is 9.36. The molecule has 0 fully saturated rings. The fourth-order valence-electron chi connectivity index (χ4n) is 1.79. The lowest BCUT2D eigenvalue weighted by molar-refractivity contribution is 0.475. The second-order valence-electron chi connectivity index (χ2n) is 5.99. The number of aryl methyl sites for hydroxylation is 1. The summed E-state index contributed by atoms with van der Waals surface area (Å²) in [6, 6.07) is 13.3. The molecular formula is C17H20N2O. The van der Waals surface area contributed by atoms with Crippen LogP contribution in [0.15, 0.2) is 52.7 Å². The summed E-state index contributed by atoms with van der Waals surface area (Å²) in [4.78, 5) is 0. The summed E-state index contributed by atoms with van der Waals surface area (Å²) < 4.78 is 0. The number of nitrogens with zero attached hydrogens (tertiary/aromatic N) is 2.